The van der Waals surface area contributed by atoms with E-state index in [1.807, 2.05) is 0 Å². The van der Waals surface area contributed by atoms with Gasteiger partial charge in [-0.05, 0) is 18.6 Å². The van der Waals surface area contributed by atoms with Gasteiger partial charge in [0.05, 0.1) is 29.5 Å². The normalized spacial score (nSPS) is 19.6. The van der Waals surface area contributed by atoms with Crippen LogP contribution in [0, 0.1) is 0 Å². The van der Waals surface area contributed by atoms with E-state index in [1.54, 1.807) is 18.2 Å². The highest BCUT2D eigenvalue weighted by atomic mass is 35.5. The number of amides is 1. The molecule has 1 amide bonds. The summed E-state index contributed by atoms with van der Waals surface area (Å²) >= 11 is 6.11. The Balaban J connectivity index is 1.77. The fraction of sp³-hybridized carbons (Fsp3) is 0.429. The first kappa shape index (κ1) is 13.5. The molecule has 0 bridgehead atoms. The van der Waals surface area contributed by atoms with Crippen LogP contribution in [0.15, 0.2) is 18.2 Å². The van der Waals surface area contributed by atoms with E-state index >= 15 is 0 Å². The average Bonchev–Trinajstić information content (AvgIpc) is 2.72. The number of benzene rings is 1. The minimum Gasteiger partial charge on any atom is -0.353 e. The lowest BCUT2D eigenvalue weighted by molar-refractivity contribution is -0.179. The van der Waals surface area contributed by atoms with Gasteiger partial charge in [0.1, 0.15) is 0 Å². The van der Waals surface area contributed by atoms with E-state index < -0.39 is 11.7 Å². The van der Waals surface area contributed by atoms with E-state index in [0.29, 0.717) is 42.5 Å². The molecular formula is C14H14ClNO4. The molecule has 0 radical (unpaired) electrons. The van der Waals surface area contributed by atoms with Crippen molar-refractivity contribution in [1.82, 2.24) is 0 Å². The third kappa shape index (κ3) is 2.32. The number of hydrogen-bond acceptors (Lipinski definition) is 4. The Kier molecular flexibility index (Phi) is 3.74. The van der Waals surface area contributed by atoms with Crippen LogP contribution in [0.3, 0.4) is 0 Å². The van der Waals surface area contributed by atoms with Crippen molar-refractivity contribution in [2.45, 2.75) is 19.1 Å². The van der Waals surface area contributed by atoms with Crippen molar-refractivity contribution in [2.24, 2.45) is 0 Å². The lowest BCUT2D eigenvalue weighted by Crippen LogP contribution is -2.35. The molecular weight excluding hydrogens is 282 g/mol. The van der Waals surface area contributed by atoms with Crippen molar-refractivity contribution in [2.75, 3.05) is 24.7 Å². The molecule has 0 spiro atoms. The van der Waals surface area contributed by atoms with E-state index in [-0.39, 0.29) is 6.29 Å². The van der Waals surface area contributed by atoms with Gasteiger partial charge in [-0.2, -0.15) is 0 Å². The standard InChI is InChI=1S/C14H14ClNO4/c15-10-4-1-3-9-12(10)16(14(18)13(9)17)6-5-11-19-7-2-8-20-11/h1,3-4,11H,2,5-8H2. The molecule has 106 valence electrons. The third-order valence-electron chi connectivity index (χ3n) is 3.43. The molecule has 0 saturated carbocycles. The van der Waals surface area contributed by atoms with Crippen molar-refractivity contribution < 1.29 is 19.1 Å². The Morgan fingerprint density at radius 2 is 2.00 bits per heavy atom. The molecule has 3 rings (SSSR count). The van der Waals surface area contributed by atoms with Crippen LogP contribution < -0.4 is 4.90 Å². The topological polar surface area (TPSA) is 55.8 Å². The average molecular weight is 296 g/mol. The fourth-order valence-corrected chi connectivity index (χ4v) is 2.74. The molecule has 2 aliphatic rings. The SMILES string of the molecule is O=C1C(=O)N(CCC2OCCCO2)c2c(Cl)cccc21. The van der Waals surface area contributed by atoms with Gasteiger partial charge in [-0.25, -0.2) is 0 Å². The highest BCUT2D eigenvalue weighted by molar-refractivity contribution is 6.54. The molecule has 0 atom stereocenters. The van der Waals surface area contributed by atoms with Crippen LogP contribution in [0.5, 0.6) is 0 Å². The number of carbonyl (C=O) groups is 2. The summed E-state index contributed by atoms with van der Waals surface area (Å²) in [6, 6.07) is 4.96. The number of ketones is 1. The Bertz CT molecular complexity index is 554. The largest absolute Gasteiger partial charge is 0.353 e. The number of ether oxygens (including phenoxy) is 2. The Morgan fingerprint density at radius 1 is 1.25 bits per heavy atom. The molecule has 5 nitrogen and oxygen atoms in total. The van der Waals surface area contributed by atoms with Gasteiger partial charge < -0.3 is 14.4 Å². The molecule has 0 unspecified atom stereocenters. The number of hydrogen-bond donors (Lipinski definition) is 0. The van der Waals surface area contributed by atoms with E-state index in [0.717, 1.165) is 6.42 Å². The van der Waals surface area contributed by atoms with Crippen LogP contribution in [0.1, 0.15) is 23.2 Å². The molecule has 0 N–H and O–H groups in total. The van der Waals surface area contributed by atoms with Gasteiger partial charge in [0.2, 0.25) is 0 Å². The number of para-hydroxylation sites is 1. The second-order valence-electron chi connectivity index (χ2n) is 4.74. The summed E-state index contributed by atoms with van der Waals surface area (Å²) in [5.74, 6) is -1.04. The number of rotatable bonds is 3. The number of carbonyl (C=O) groups excluding carboxylic acids is 2. The zero-order valence-electron chi connectivity index (χ0n) is 10.8. The lowest BCUT2D eigenvalue weighted by atomic mass is 10.1. The Labute approximate surface area is 121 Å². The van der Waals surface area contributed by atoms with Crippen LogP contribution >= 0.6 is 11.6 Å². The summed E-state index contributed by atoms with van der Waals surface area (Å²) < 4.78 is 10.9. The van der Waals surface area contributed by atoms with Crippen LogP contribution in [0.2, 0.25) is 5.02 Å². The summed E-state index contributed by atoms with van der Waals surface area (Å²) in [7, 11) is 0. The molecule has 2 heterocycles. The summed E-state index contributed by atoms with van der Waals surface area (Å²) in [4.78, 5) is 25.3. The fourth-order valence-electron chi connectivity index (χ4n) is 2.46. The molecule has 1 aromatic carbocycles. The zero-order chi connectivity index (χ0) is 14.1. The number of Topliss-reactive ketones (excluding diaryl/α,β-unsaturated/α-hetero) is 1. The summed E-state index contributed by atoms with van der Waals surface area (Å²) in [6.45, 7) is 1.68. The van der Waals surface area contributed by atoms with E-state index in [1.165, 1.54) is 4.90 Å². The first-order valence-electron chi connectivity index (χ1n) is 6.56. The summed E-state index contributed by atoms with van der Waals surface area (Å²) in [5, 5.41) is 0.409. The van der Waals surface area contributed by atoms with Gasteiger partial charge in [-0.1, -0.05) is 17.7 Å². The first-order chi connectivity index (χ1) is 9.68. The maximum absolute atomic E-state index is 12.0. The molecule has 1 fully saturated rings. The second kappa shape index (κ2) is 5.52. The van der Waals surface area contributed by atoms with Gasteiger partial charge in [-0.15, -0.1) is 0 Å². The van der Waals surface area contributed by atoms with Crippen LogP contribution in [0.4, 0.5) is 5.69 Å². The van der Waals surface area contributed by atoms with Crippen LogP contribution in [-0.2, 0) is 14.3 Å². The molecule has 1 saturated heterocycles. The number of halogens is 1. The van der Waals surface area contributed by atoms with Gasteiger partial charge >= 0.3 is 0 Å². The van der Waals surface area contributed by atoms with Gasteiger partial charge in [0.15, 0.2) is 6.29 Å². The van der Waals surface area contributed by atoms with Crippen molar-refractivity contribution in [3.8, 4) is 0 Å². The first-order valence-corrected chi connectivity index (χ1v) is 6.94. The quantitative estimate of drug-likeness (QED) is 0.801. The second-order valence-corrected chi connectivity index (χ2v) is 5.14. The highest BCUT2D eigenvalue weighted by Crippen LogP contribution is 2.35. The maximum atomic E-state index is 12.0. The number of nitrogens with zero attached hydrogens (tertiary/aromatic N) is 1. The molecule has 20 heavy (non-hydrogen) atoms. The Hall–Kier alpha value is -1.43. The molecule has 0 aromatic heterocycles. The molecule has 0 aliphatic carbocycles. The van der Waals surface area contributed by atoms with E-state index in [9.17, 15) is 9.59 Å². The van der Waals surface area contributed by atoms with E-state index in [4.69, 9.17) is 21.1 Å². The van der Waals surface area contributed by atoms with Gasteiger partial charge in [0, 0.05) is 13.0 Å². The van der Waals surface area contributed by atoms with Gasteiger partial charge in [-0.3, -0.25) is 9.59 Å². The Morgan fingerprint density at radius 3 is 2.75 bits per heavy atom. The van der Waals surface area contributed by atoms with E-state index in [2.05, 4.69) is 0 Å². The minimum absolute atomic E-state index is 0.321. The van der Waals surface area contributed by atoms with Crippen LogP contribution in [-0.4, -0.2) is 37.7 Å². The van der Waals surface area contributed by atoms with Crippen molar-refractivity contribution in [3.05, 3.63) is 28.8 Å². The lowest BCUT2D eigenvalue weighted by Gasteiger charge is -2.25. The number of fused-ring (bicyclic) bond motifs is 1. The maximum Gasteiger partial charge on any atom is 0.299 e. The minimum atomic E-state index is -0.538. The molecule has 1 aromatic rings. The monoisotopic (exact) mass is 295 g/mol. The van der Waals surface area contributed by atoms with Crippen molar-refractivity contribution >= 4 is 29.0 Å². The molecule has 2 aliphatic heterocycles. The highest BCUT2D eigenvalue weighted by Gasteiger charge is 2.37. The van der Waals surface area contributed by atoms with Crippen molar-refractivity contribution in [3.63, 3.8) is 0 Å². The third-order valence-corrected chi connectivity index (χ3v) is 3.73. The van der Waals surface area contributed by atoms with Crippen LogP contribution in [0.25, 0.3) is 0 Å². The van der Waals surface area contributed by atoms with Crippen molar-refractivity contribution in [1.29, 1.82) is 0 Å². The summed E-state index contributed by atoms with van der Waals surface area (Å²) in [5.41, 5.74) is 0.868. The zero-order valence-corrected chi connectivity index (χ0v) is 11.6. The summed E-state index contributed by atoms with van der Waals surface area (Å²) in [6.07, 6.45) is 1.08. The predicted octanol–water partition coefficient (Wildman–Crippen LogP) is 2.02. The van der Waals surface area contributed by atoms with Gasteiger partial charge in [0.25, 0.3) is 11.7 Å². The molecule has 6 heteroatoms. The smallest absolute Gasteiger partial charge is 0.299 e. The number of anilines is 1. The predicted molar refractivity (Wildman–Crippen MR) is 73.1 cm³/mol.